The van der Waals surface area contributed by atoms with Crippen molar-refractivity contribution in [2.75, 3.05) is 18.1 Å². The Morgan fingerprint density at radius 1 is 1.27 bits per heavy atom. The van der Waals surface area contributed by atoms with E-state index in [2.05, 4.69) is 5.92 Å². The second-order valence-corrected chi connectivity index (χ2v) is 6.49. The molecular weight excluding hydrogens is 334 g/mol. The van der Waals surface area contributed by atoms with E-state index in [-0.39, 0.29) is 61.6 Å². The summed E-state index contributed by atoms with van der Waals surface area (Å²) in [5.41, 5.74) is 1.30. The first-order valence-corrected chi connectivity index (χ1v) is 8.55. The molecule has 1 aliphatic heterocycles. The molecule has 0 atom stereocenters. The maximum atomic E-state index is 12.3. The minimum Gasteiger partial charge on any atom is -0.482 e. The van der Waals surface area contributed by atoms with E-state index in [1.165, 1.54) is 4.90 Å². The number of hydrogen-bond donors (Lipinski definition) is 0. The Morgan fingerprint density at radius 3 is 2.58 bits per heavy atom. The van der Waals surface area contributed by atoms with Gasteiger partial charge >= 0.3 is 0 Å². The molecule has 1 aromatic rings. The smallest absolute Gasteiger partial charge is 0.265 e. The van der Waals surface area contributed by atoms with Gasteiger partial charge in [0.15, 0.2) is 24.0 Å². The molecule has 6 nitrogen and oxygen atoms in total. The van der Waals surface area contributed by atoms with Crippen LogP contribution in [0.15, 0.2) is 18.2 Å². The van der Waals surface area contributed by atoms with Crippen molar-refractivity contribution in [3.63, 3.8) is 0 Å². The van der Waals surface area contributed by atoms with Crippen molar-refractivity contribution >= 4 is 28.9 Å². The fourth-order valence-electron chi connectivity index (χ4n) is 3.51. The second kappa shape index (κ2) is 7.12. The Hall–Kier alpha value is -2.94. The number of ketones is 3. The number of benzene rings is 1. The van der Waals surface area contributed by atoms with Crippen molar-refractivity contribution in [1.29, 1.82) is 0 Å². The number of Topliss-reactive ketones (excluding diaryl/α,β-unsaturated/α-hetero) is 3. The van der Waals surface area contributed by atoms with Crippen molar-refractivity contribution in [3.8, 4) is 18.1 Å². The largest absolute Gasteiger partial charge is 0.482 e. The molecule has 1 amide bonds. The maximum Gasteiger partial charge on any atom is 0.265 e. The van der Waals surface area contributed by atoms with Gasteiger partial charge in [0.05, 0.1) is 12.2 Å². The van der Waals surface area contributed by atoms with Crippen LogP contribution in [0.5, 0.6) is 5.75 Å². The monoisotopic (exact) mass is 353 g/mol. The highest BCUT2D eigenvalue weighted by Gasteiger charge is 2.40. The normalized spacial score (nSPS) is 22.5. The molecule has 0 bridgehead atoms. The van der Waals surface area contributed by atoms with Crippen LogP contribution in [0.1, 0.15) is 37.7 Å². The summed E-state index contributed by atoms with van der Waals surface area (Å²) in [6.07, 6.45) is 5.78. The standard InChI is InChI=1S/C20H19NO5/c1-3-7-21-14-8-12(5-6-18(14)26-11-19(21)25)13-9-16(23)20(15(22)4-2)17(24)10-13/h1,5-6,8,13,20H,4,7,9-11H2,2H3. The number of fused-ring (bicyclic) bond motifs is 1. The molecule has 1 aliphatic carbocycles. The molecule has 26 heavy (non-hydrogen) atoms. The average molecular weight is 353 g/mol. The van der Waals surface area contributed by atoms with Crippen LogP contribution in [0.2, 0.25) is 0 Å². The first-order valence-electron chi connectivity index (χ1n) is 8.55. The molecule has 3 rings (SSSR count). The molecule has 1 saturated carbocycles. The predicted molar refractivity (Wildman–Crippen MR) is 93.9 cm³/mol. The van der Waals surface area contributed by atoms with Crippen LogP contribution >= 0.6 is 0 Å². The highest BCUT2D eigenvalue weighted by Crippen LogP contribution is 2.38. The summed E-state index contributed by atoms with van der Waals surface area (Å²) in [7, 11) is 0. The average Bonchev–Trinajstić information content (AvgIpc) is 2.63. The molecule has 2 aliphatic rings. The Balaban J connectivity index is 1.89. The van der Waals surface area contributed by atoms with E-state index in [1.807, 2.05) is 0 Å². The maximum absolute atomic E-state index is 12.3. The first kappa shape index (κ1) is 17.9. The van der Waals surface area contributed by atoms with Crippen molar-refractivity contribution in [3.05, 3.63) is 23.8 Å². The minimum atomic E-state index is -1.11. The fourth-order valence-corrected chi connectivity index (χ4v) is 3.51. The summed E-state index contributed by atoms with van der Waals surface area (Å²) in [5.74, 6) is 0.345. The van der Waals surface area contributed by atoms with Gasteiger partial charge in [0, 0.05) is 19.3 Å². The van der Waals surface area contributed by atoms with Gasteiger partial charge < -0.3 is 4.74 Å². The van der Waals surface area contributed by atoms with Gasteiger partial charge in [0.25, 0.3) is 5.91 Å². The third-order valence-corrected chi connectivity index (χ3v) is 4.86. The topological polar surface area (TPSA) is 80.8 Å². The second-order valence-electron chi connectivity index (χ2n) is 6.49. The van der Waals surface area contributed by atoms with Crippen molar-refractivity contribution in [2.24, 2.45) is 5.92 Å². The summed E-state index contributed by atoms with van der Waals surface area (Å²) >= 11 is 0. The fraction of sp³-hybridized carbons (Fsp3) is 0.400. The number of terminal acetylenes is 1. The number of rotatable bonds is 4. The summed E-state index contributed by atoms with van der Waals surface area (Å²) in [6, 6.07) is 5.26. The number of nitrogens with zero attached hydrogens (tertiary/aromatic N) is 1. The van der Waals surface area contributed by atoms with Crippen LogP contribution < -0.4 is 9.64 Å². The zero-order valence-electron chi connectivity index (χ0n) is 14.5. The lowest BCUT2D eigenvalue weighted by molar-refractivity contribution is -0.142. The van der Waals surface area contributed by atoms with Crippen LogP contribution in [-0.4, -0.2) is 36.4 Å². The highest BCUT2D eigenvalue weighted by molar-refractivity contribution is 6.20. The Labute approximate surface area is 151 Å². The van der Waals surface area contributed by atoms with Gasteiger partial charge in [-0.15, -0.1) is 6.42 Å². The van der Waals surface area contributed by atoms with Gasteiger partial charge in [0.1, 0.15) is 11.7 Å². The van der Waals surface area contributed by atoms with Crippen LogP contribution in [0.3, 0.4) is 0 Å². The first-order chi connectivity index (χ1) is 12.5. The molecule has 1 fully saturated rings. The molecule has 1 heterocycles. The van der Waals surface area contributed by atoms with E-state index >= 15 is 0 Å². The Morgan fingerprint density at radius 2 is 1.96 bits per heavy atom. The number of carbonyl (C=O) groups excluding carboxylic acids is 4. The lowest BCUT2D eigenvalue weighted by Gasteiger charge is -2.30. The molecule has 134 valence electrons. The summed E-state index contributed by atoms with van der Waals surface area (Å²) < 4.78 is 5.42. The predicted octanol–water partition coefficient (Wildman–Crippen LogP) is 1.66. The summed E-state index contributed by atoms with van der Waals surface area (Å²) in [5, 5.41) is 0. The van der Waals surface area contributed by atoms with E-state index < -0.39 is 5.92 Å². The lowest BCUT2D eigenvalue weighted by Crippen LogP contribution is -2.39. The Bertz CT molecular complexity index is 817. The van der Waals surface area contributed by atoms with E-state index in [9.17, 15) is 19.2 Å². The van der Waals surface area contributed by atoms with Gasteiger partial charge in [-0.05, 0) is 23.6 Å². The lowest BCUT2D eigenvalue weighted by atomic mass is 9.75. The number of hydrogen-bond acceptors (Lipinski definition) is 5. The number of amides is 1. The minimum absolute atomic E-state index is 0.0742. The third kappa shape index (κ3) is 3.13. The summed E-state index contributed by atoms with van der Waals surface area (Å²) in [4.78, 5) is 50.0. The molecule has 0 unspecified atom stereocenters. The molecule has 0 spiro atoms. The Kier molecular flexibility index (Phi) is 4.90. The highest BCUT2D eigenvalue weighted by atomic mass is 16.5. The van der Waals surface area contributed by atoms with Gasteiger partial charge in [-0.1, -0.05) is 18.9 Å². The number of ether oxygens (including phenoxy) is 1. The van der Waals surface area contributed by atoms with Gasteiger partial charge in [-0.25, -0.2) is 0 Å². The van der Waals surface area contributed by atoms with Crippen LogP contribution in [-0.2, 0) is 19.2 Å². The SMILES string of the molecule is C#CCN1C(=O)COc2ccc(C3CC(=O)C(C(=O)CC)C(=O)C3)cc21. The molecule has 0 N–H and O–H groups in total. The van der Waals surface area contributed by atoms with Gasteiger partial charge in [-0.2, -0.15) is 0 Å². The van der Waals surface area contributed by atoms with Crippen molar-refractivity contribution < 1.29 is 23.9 Å². The van der Waals surface area contributed by atoms with Crippen molar-refractivity contribution in [2.45, 2.75) is 32.1 Å². The van der Waals surface area contributed by atoms with Crippen LogP contribution in [0.25, 0.3) is 0 Å². The molecule has 0 saturated heterocycles. The third-order valence-electron chi connectivity index (χ3n) is 4.86. The van der Waals surface area contributed by atoms with E-state index in [1.54, 1.807) is 25.1 Å². The zero-order chi connectivity index (χ0) is 18.8. The zero-order valence-corrected chi connectivity index (χ0v) is 14.5. The summed E-state index contributed by atoms with van der Waals surface area (Å²) in [6.45, 7) is 1.69. The molecule has 1 aromatic carbocycles. The quantitative estimate of drug-likeness (QED) is 0.607. The van der Waals surface area contributed by atoms with Gasteiger partial charge in [-0.3, -0.25) is 24.1 Å². The van der Waals surface area contributed by atoms with Crippen LogP contribution in [0.4, 0.5) is 5.69 Å². The van der Waals surface area contributed by atoms with Crippen molar-refractivity contribution in [1.82, 2.24) is 0 Å². The van der Waals surface area contributed by atoms with E-state index in [4.69, 9.17) is 11.2 Å². The molecular formula is C20H19NO5. The number of carbonyl (C=O) groups is 4. The molecule has 0 radical (unpaired) electrons. The van der Waals surface area contributed by atoms with Crippen LogP contribution in [0, 0.1) is 18.3 Å². The molecule has 0 aromatic heterocycles. The van der Waals surface area contributed by atoms with E-state index in [0.29, 0.717) is 11.4 Å². The molecule has 6 heteroatoms. The number of anilines is 1. The van der Waals surface area contributed by atoms with E-state index in [0.717, 1.165) is 5.56 Å². The van der Waals surface area contributed by atoms with Gasteiger partial charge in [0.2, 0.25) is 0 Å².